The van der Waals surface area contributed by atoms with E-state index in [1.807, 2.05) is 24.3 Å². The number of piperazine rings is 1. The van der Waals surface area contributed by atoms with E-state index in [9.17, 15) is 22.8 Å². The lowest BCUT2D eigenvalue weighted by Crippen LogP contribution is -2.51. The Bertz CT molecular complexity index is 983. The Hall–Kier alpha value is -3.83. The van der Waals surface area contributed by atoms with Crippen molar-refractivity contribution in [2.75, 3.05) is 39.1 Å². The van der Waals surface area contributed by atoms with Gasteiger partial charge in [-0.15, -0.1) is 0 Å². The van der Waals surface area contributed by atoms with E-state index < -0.39 is 12.1 Å². The summed E-state index contributed by atoms with van der Waals surface area (Å²) in [7, 11) is 3.34. The lowest BCUT2D eigenvalue weighted by molar-refractivity contribution is -0.192. The van der Waals surface area contributed by atoms with Gasteiger partial charge in [-0.2, -0.15) is 13.2 Å². The van der Waals surface area contributed by atoms with Gasteiger partial charge in [0.05, 0.1) is 12.7 Å². The molecule has 3 rings (SSSR count). The average Bonchev–Trinajstić information content (AvgIpc) is 2.80. The van der Waals surface area contributed by atoms with Crippen molar-refractivity contribution in [2.45, 2.75) is 12.7 Å². The van der Waals surface area contributed by atoms with Crippen molar-refractivity contribution in [3.05, 3.63) is 53.7 Å². The molecule has 178 valence electrons. The zero-order chi connectivity index (χ0) is 24.6. The summed E-state index contributed by atoms with van der Waals surface area (Å²) in [6.45, 7) is 1.61. The molecule has 2 amide bonds. The summed E-state index contributed by atoms with van der Waals surface area (Å²) >= 11 is 0. The molecular formula is C21H23F3N4O5. The van der Waals surface area contributed by atoms with Crippen LogP contribution in [0.25, 0.3) is 0 Å². The lowest BCUT2D eigenvalue weighted by atomic mass is 10.1. The van der Waals surface area contributed by atoms with Crippen molar-refractivity contribution in [1.29, 1.82) is 0 Å². The predicted molar refractivity (Wildman–Crippen MR) is 112 cm³/mol. The molecule has 33 heavy (non-hydrogen) atoms. The van der Waals surface area contributed by atoms with E-state index >= 15 is 0 Å². The number of benzene rings is 1. The third-order valence-corrected chi connectivity index (χ3v) is 4.66. The number of anilines is 1. The summed E-state index contributed by atoms with van der Waals surface area (Å²) in [6, 6.07) is 11.1. The van der Waals surface area contributed by atoms with Crippen LogP contribution in [-0.4, -0.2) is 77.6 Å². The average molecular weight is 468 g/mol. The van der Waals surface area contributed by atoms with E-state index in [0.29, 0.717) is 31.0 Å². The molecule has 1 aromatic carbocycles. The molecule has 0 spiro atoms. The van der Waals surface area contributed by atoms with Crippen molar-refractivity contribution >= 4 is 23.6 Å². The summed E-state index contributed by atoms with van der Waals surface area (Å²) in [5.74, 6) is -1.69. The molecule has 9 nitrogen and oxygen atoms in total. The van der Waals surface area contributed by atoms with Crippen molar-refractivity contribution in [2.24, 2.45) is 0 Å². The van der Waals surface area contributed by atoms with Crippen LogP contribution in [0.5, 0.6) is 5.75 Å². The van der Waals surface area contributed by atoms with Crippen LogP contribution in [0.2, 0.25) is 0 Å². The Kier molecular flexibility index (Phi) is 8.60. The van der Waals surface area contributed by atoms with E-state index in [1.54, 1.807) is 42.3 Å². The standard InChI is InChI=1S/C19H22N4O3.C2HF3O2/c1-20-18-16(4-3-9-21-18)19(25)23-11-10-22(17(24)13-23)12-14-5-7-15(26-2)8-6-14;3-2(4,5)1(6)7/h3-9H,10-13H2,1-2H3,(H,20,21);(H,6,7). The minimum Gasteiger partial charge on any atom is -0.497 e. The Morgan fingerprint density at radius 1 is 1.18 bits per heavy atom. The van der Waals surface area contributed by atoms with Crippen molar-refractivity contribution < 1.29 is 37.4 Å². The first-order valence-electron chi connectivity index (χ1n) is 9.69. The maximum atomic E-state index is 12.7. The zero-order valence-electron chi connectivity index (χ0n) is 17.9. The Balaban J connectivity index is 0.000000479. The van der Waals surface area contributed by atoms with E-state index in [1.165, 1.54) is 0 Å². The lowest BCUT2D eigenvalue weighted by Gasteiger charge is -2.34. The molecule has 2 aromatic rings. The maximum Gasteiger partial charge on any atom is 0.490 e. The number of carbonyl (C=O) groups excluding carboxylic acids is 2. The molecule has 1 aliphatic rings. The number of carboxylic acids is 1. The molecule has 0 unspecified atom stereocenters. The van der Waals surface area contributed by atoms with Gasteiger partial charge in [0, 0.05) is 32.9 Å². The van der Waals surface area contributed by atoms with Crippen LogP contribution >= 0.6 is 0 Å². The number of halogens is 3. The van der Waals surface area contributed by atoms with E-state index in [0.717, 1.165) is 11.3 Å². The molecule has 0 radical (unpaired) electrons. The van der Waals surface area contributed by atoms with E-state index in [4.69, 9.17) is 14.6 Å². The molecule has 2 N–H and O–H groups in total. The molecule has 0 atom stereocenters. The second kappa shape index (κ2) is 11.2. The van der Waals surface area contributed by atoms with Gasteiger partial charge in [-0.1, -0.05) is 12.1 Å². The fourth-order valence-corrected chi connectivity index (χ4v) is 2.95. The fraction of sp³-hybridized carbons (Fsp3) is 0.333. The van der Waals surface area contributed by atoms with Crippen LogP contribution in [0, 0.1) is 0 Å². The van der Waals surface area contributed by atoms with Crippen LogP contribution in [0.3, 0.4) is 0 Å². The Morgan fingerprint density at radius 2 is 1.82 bits per heavy atom. The first-order chi connectivity index (χ1) is 15.6. The van der Waals surface area contributed by atoms with Gasteiger partial charge in [0.2, 0.25) is 5.91 Å². The number of nitrogens with zero attached hydrogens (tertiary/aromatic N) is 3. The molecule has 2 heterocycles. The smallest absolute Gasteiger partial charge is 0.490 e. The van der Waals surface area contributed by atoms with Crippen LogP contribution < -0.4 is 10.1 Å². The highest BCUT2D eigenvalue weighted by Gasteiger charge is 2.38. The van der Waals surface area contributed by atoms with Crippen molar-refractivity contribution in [3.63, 3.8) is 0 Å². The number of ether oxygens (including phenoxy) is 1. The predicted octanol–water partition coefficient (Wildman–Crippen LogP) is 2.25. The fourth-order valence-electron chi connectivity index (χ4n) is 2.95. The Labute approximate surface area is 187 Å². The van der Waals surface area contributed by atoms with Crippen LogP contribution in [0.15, 0.2) is 42.6 Å². The van der Waals surface area contributed by atoms with Gasteiger partial charge in [0.25, 0.3) is 5.91 Å². The zero-order valence-corrected chi connectivity index (χ0v) is 17.9. The maximum absolute atomic E-state index is 12.7. The number of aliphatic carboxylic acids is 1. The first-order valence-corrected chi connectivity index (χ1v) is 9.69. The SMILES string of the molecule is CNc1ncccc1C(=O)N1CCN(Cc2ccc(OC)cc2)C(=O)C1.O=C(O)C(F)(F)F. The van der Waals surface area contributed by atoms with Crippen molar-refractivity contribution in [3.8, 4) is 5.75 Å². The summed E-state index contributed by atoms with van der Waals surface area (Å²) in [6.07, 6.45) is -3.46. The normalized spacial score (nSPS) is 13.7. The second-order valence-electron chi connectivity index (χ2n) is 6.84. The number of amides is 2. The van der Waals surface area contributed by atoms with Crippen LogP contribution in [0.4, 0.5) is 19.0 Å². The number of carboxylic acid groups (broad SMARTS) is 1. The third kappa shape index (κ3) is 7.09. The van der Waals surface area contributed by atoms with Crippen molar-refractivity contribution in [1.82, 2.24) is 14.8 Å². The van der Waals surface area contributed by atoms with Gasteiger partial charge >= 0.3 is 12.1 Å². The molecule has 0 aliphatic carbocycles. The summed E-state index contributed by atoms with van der Waals surface area (Å²) < 4.78 is 36.9. The molecule has 1 fully saturated rings. The highest BCUT2D eigenvalue weighted by Crippen LogP contribution is 2.18. The van der Waals surface area contributed by atoms with Gasteiger partial charge in [0.15, 0.2) is 0 Å². The van der Waals surface area contributed by atoms with Crippen LogP contribution in [0.1, 0.15) is 15.9 Å². The number of pyridine rings is 1. The summed E-state index contributed by atoms with van der Waals surface area (Å²) in [5.41, 5.74) is 1.51. The minimum atomic E-state index is -5.08. The number of aromatic nitrogens is 1. The number of alkyl halides is 3. The van der Waals surface area contributed by atoms with E-state index in [2.05, 4.69) is 10.3 Å². The third-order valence-electron chi connectivity index (χ3n) is 4.66. The minimum absolute atomic E-state index is 0.0599. The number of nitrogens with one attached hydrogen (secondary N) is 1. The van der Waals surface area contributed by atoms with Gasteiger partial charge in [-0.3, -0.25) is 9.59 Å². The molecule has 1 aromatic heterocycles. The number of methoxy groups -OCH3 is 1. The molecule has 1 aliphatic heterocycles. The van der Waals surface area contributed by atoms with Gasteiger partial charge < -0.3 is 25.0 Å². The molecule has 0 saturated carbocycles. The van der Waals surface area contributed by atoms with Gasteiger partial charge in [0.1, 0.15) is 18.1 Å². The molecule has 1 saturated heterocycles. The van der Waals surface area contributed by atoms with Crippen LogP contribution in [-0.2, 0) is 16.1 Å². The number of carbonyl (C=O) groups is 3. The summed E-state index contributed by atoms with van der Waals surface area (Å²) in [5, 5.41) is 10.0. The number of rotatable bonds is 5. The number of hydrogen-bond donors (Lipinski definition) is 2. The highest BCUT2D eigenvalue weighted by molar-refractivity contribution is 6.00. The molecule has 0 bridgehead atoms. The van der Waals surface area contributed by atoms with Gasteiger partial charge in [-0.25, -0.2) is 9.78 Å². The summed E-state index contributed by atoms with van der Waals surface area (Å²) in [4.78, 5) is 41.6. The Morgan fingerprint density at radius 3 is 2.33 bits per heavy atom. The number of hydrogen-bond acceptors (Lipinski definition) is 6. The monoisotopic (exact) mass is 468 g/mol. The first kappa shape index (κ1) is 25.4. The largest absolute Gasteiger partial charge is 0.497 e. The van der Waals surface area contributed by atoms with Gasteiger partial charge in [-0.05, 0) is 29.8 Å². The quantitative estimate of drug-likeness (QED) is 0.692. The van der Waals surface area contributed by atoms with E-state index in [-0.39, 0.29) is 18.4 Å². The second-order valence-corrected chi connectivity index (χ2v) is 6.84. The molecule has 12 heteroatoms. The topological polar surface area (TPSA) is 112 Å². The highest BCUT2D eigenvalue weighted by atomic mass is 19.4. The molecular weight excluding hydrogens is 445 g/mol.